The lowest BCUT2D eigenvalue weighted by atomic mass is 10.0. The van der Waals surface area contributed by atoms with E-state index in [-0.39, 0.29) is 11.8 Å². The number of hydrogen-bond donors (Lipinski definition) is 1. The summed E-state index contributed by atoms with van der Waals surface area (Å²) in [6, 6.07) is 25.6. The number of imide groups is 1. The number of nitrogens with one attached hydrogen (secondary N) is 1. The molecular weight excluding hydrogens is 396 g/mol. The van der Waals surface area contributed by atoms with Gasteiger partial charge in [-0.15, -0.1) is 0 Å². The van der Waals surface area contributed by atoms with Gasteiger partial charge in [0.15, 0.2) is 0 Å². The molecular formula is C28H28N2O2. The molecule has 0 spiro atoms. The second-order valence-corrected chi connectivity index (χ2v) is 8.52. The van der Waals surface area contributed by atoms with Crippen molar-refractivity contribution in [1.82, 2.24) is 4.90 Å². The van der Waals surface area contributed by atoms with Crippen molar-refractivity contribution in [2.24, 2.45) is 0 Å². The lowest BCUT2D eigenvalue weighted by Crippen LogP contribution is -2.34. The van der Waals surface area contributed by atoms with E-state index in [4.69, 9.17) is 0 Å². The predicted molar refractivity (Wildman–Crippen MR) is 129 cm³/mol. The first-order valence-corrected chi connectivity index (χ1v) is 11.0. The van der Waals surface area contributed by atoms with E-state index in [1.54, 1.807) is 0 Å². The Morgan fingerprint density at radius 3 is 2.09 bits per heavy atom. The Bertz CT molecular complexity index is 1140. The Labute approximate surface area is 189 Å². The summed E-state index contributed by atoms with van der Waals surface area (Å²) in [5.41, 5.74) is 5.72. The van der Waals surface area contributed by atoms with Crippen molar-refractivity contribution >= 4 is 23.1 Å². The highest BCUT2D eigenvalue weighted by atomic mass is 16.2. The molecule has 0 atom stereocenters. The number of hydrogen-bond acceptors (Lipinski definition) is 3. The standard InChI is InChI=1S/C28H28N2O2/c1-19(2)22-13-15-24(16-14-22)29-26-25(23-11-9-20(3)10-12-23)27(31)30(28(26)32)18-17-21-7-5-4-6-8-21/h4-16,19,29H,17-18H2,1-3H3. The van der Waals surface area contributed by atoms with Gasteiger partial charge in [-0.1, -0.05) is 86.1 Å². The molecule has 4 rings (SSSR count). The fourth-order valence-electron chi connectivity index (χ4n) is 3.86. The summed E-state index contributed by atoms with van der Waals surface area (Å²) in [4.78, 5) is 28.1. The lowest BCUT2D eigenvalue weighted by Gasteiger charge is -2.15. The van der Waals surface area contributed by atoms with Crippen LogP contribution in [-0.2, 0) is 16.0 Å². The van der Waals surface area contributed by atoms with Crippen molar-refractivity contribution in [3.05, 3.63) is 107 Å². The van der Waals surface area contributed by atoms with Crippen LogP contribution < -0.4 is 5.32 Å². The minimum absolute atomic E-state index is 0.254. The highest BCUT2D eigenvalue weighted by Crippen LogP contribution is 2.31. The lowest BCUT2D eigenvalue weighted by molar-refractivity contribution is -0.136. The normalized spacial score (nSPS) is 13.9. The van der Waals surface area contributed by atoms with E-state index in [9.17, 15) is 9.59 Å². The molecule has 0 bridgehead atoms. The molecule has 0 unspecified atom stereocenters. The third-order valence-electron chi connectivity index (χ3n) is 5.82. The Morgan fingerprint density at radius 1 is 0.812 bits per heavy atom. The molecule has 3 aromatic rings. The Kier molecular flexibility index (Phi) is 6.22. The number of nitrogens with zero attached hydrogens (tertiary/aromatic N) is 1. The summed E-state index contributed by atoms with van der Waals surface area (Å²) in [6.07, 6.45) is 0.621. The van der Waals surface area contributed by atoms with E-state index in [2.05, 4.69) is 19.2 Å². The van der Waals surface area contributed by atoms with Crippen LogP contribution in [-0.4, -0.2) is 23.3 Å². The largest absolute Gasteiger partial charge is 0.350 e. The van der Waals surface area contributed by atoms with Gasteiger partial charge in [0.1, 0.15) is 5.70 Å². The van der Waals surface area contributed by atoms with Crippen molar-refractivity contribution in [2.45, 2.75) is 33.1 Å². The van der Waals surface area contributed by atoms with Crippen molar-refractivity contribution in [3.63, 3.8) is 0 Å². The number of amides is 2. The van der Waals surface area contributed by atoms with Gasteiger partial charge in [-0.25, -0.2) is 0 Å². The Balaban J connectivity index is 1.65. The Morgan fingerprint density at radius 2 is 1.47 bits per heavy atom. The van der Waals surface area contributed by atoms with Crippen LogP contribution in [0.25, 0.3) is 5.57 Å². The highest BCUT2D eigenvalue weighted by Gasteiger charge is 2.38. The number of carbonyl (C=O) groups is 2. The van der Waals surface area contributed by atoms with Crippen LogP contribution in [0.4, 0.5) is 5.69 Å². The van der Waals surface area contributed by atoms with Crippen LogP contribution >= 0.6 is 0 Å². The van der Waals surface area contributed by atoms with Gasteiger partial charge in [-0.05, 0) is 48.1 Å². The molecule has 32 heavy (non-hydrogen) atoms. The van der Waals surface area contributed by atoms with E-state index in [1.807, 2.05) is 85.8 Å². The zero-order chi connectivity index (χ0) is 22.7. The molecule has 0 saturated heterocycles. The summed E-state index contributed by atoms with van der Waals surface area (Å²) < 4.78 is 0. The smallest absolute Gasteiger partial charge is 0.278 e. The van der Waals surface area contributed by atoms with Gasteiger partial charge in [0.25, 0.3) is 11.8 Å². The van der Waals surface area contributed by atoms with Gasteiger partial charge in [-0.3, -0.25) is 14.5 Å². The summed E-state index contributed by atoms with van der Waals surface area (Å²) in [5, 5.41) is 3.25. The number of benzene rings is 3. The molecule has 162 valence electrons. The second-order valence-electron chi connectivity index (χ2n) is 8.52. The van der Waals surface area contributed by atoms with Crippen molar-refractivity contribution in [1.29, 1.82) is 0 Å². The first-order chi connectivity index (χ1) is 15.4. The maximum Gasteiger partial charge on any atom is 0.278 e. The fourth-order valence-corrected chi connectivity index (χ4v) is 3.86. The summed E-state index contributed by atoms with van der Waals surface area (Å²) in [7, 11) is 0. The van der Waals surface area contributed by atoms with E-state index in [0.29, 0.717) is 30.2 Å². The summed E-state index contributed by atoms with van der Waals surface area (Å²) in [6.45, 7) is 6.63. The molecule has 1 aliphatic rings. The minimum Gasteiger partial charge on any atom is -0.350 e. The quantitative estimate of drug-likeness (QED) is 0.506. The van der Waals surface area contributed by atoms with Crippen LogP contribution in [0.2, 0.25) is 0 Å². The van der Waals surface area contributed by atoms with Gasteiger partial charge in [0.05, 0.1) is 5.57 Å². The maximum atomic E-state index is 13.4. The van der Waals surface area contributed by atoms with E-state index in [0.717, 1.165) is 22.4 Å². The zero-order valence-electron chi connectivity index (χ0n) is 18.8. The second kappa shape index (κ2) is 9.23. The fraction of sp³-hybridized carbons (Fsp3) is 0.214. The van der Waals surface area contributed by atoms with Crippen LogP contribution in [0.1, 0.15) is 42.0 Å². The first-order valence-electron chi connectivity index (χ1n) is 11.0. The molecule has 4 nitrogen and oxygen atoms in total. The highest BCUT2D eigenvalue weighted by molar-refractivity contribution is 6.36. The van der Waals surface area contributed by atoms with Gasteiger partial charge in [0.2, 0.25) is 0 Å². The number of aryl methyl sites for hydroxylation is 1. The van der Waals surface area contributed by atoms with Gasteiger partial charge in [-0.2, -0.15) is 0 Å². The Hall–Kier alpha value is -3.66. The SMILES string of the molecule is Cc1ccc(C2=C(Nc3ccc(C(C)C)cc3)C(=O)N(CCc3ccccc3)C2=O)cc1. The molecule has 0 aliphatic carbocycles. The molecule has 1 N–H and O–H groups in total. The van der Waals surface area contributed by atoms with E-state index < -0.39 is 0 Å². The minimum atomic E-state index is -0.283. The topological polar surface area (TPSA) is 49.4 Å². The van der Waals surface area contributed by atoms with Crippen molar-refractivity contribution in [2.75, 3.05) is 11.9 Å². The molecule has 1 heterocycles. The third kappa shape index (κ3) is 4.50. The summed E-state index contributed by atoms with van der Waals surface area (Å²) >= 11 is 0. The zero-order valence-corrected chi connectivity index (χ0v) is 18.8. The number of rotatable bonds is 7. The molecule has 3 aromatic carbocycles. The van der Waals surface area contributed by atoms with Crippen LogP contribution in [0.15, 0.2) is 84.6 Å². The predicted octanol–water partition coefficient (Wildman–Crippen LogP) is 5.55. The van der Waals surface area contributed by atoms with Gasteiger partial charge < -0.3 is 5.32 Å². The van der Waals surface area contributed by atoms with E-state index >= 15 is 0 Å². The van der Waals surface area contributed by atoms with Crippen LogP contribution in [0.3, 0.4) is 0 Å². The molecule has 1 aliphatic heterocycles. The average molecular weight is 425 g/mol. The third-order valence-corrected chi connectivity index (χ3v) is 5.82. The number of carbonyl (C=O) groups excluding carboxylic acids is 2. The van der Waals surface area contributed by atoms with Crippen LogP contribution in [0.5, 0.6) is 0 Å². The maximum absolute atomic E-state index is 13.4. The molecule has 0 saturated carbocycles. The van der Waals surface area contributed by atoms with Gasteiger partial charge in [0, 0.05) is 12.2 Å². The van der Waals surface area contributed by atoms with Gasteiger partial charge >= 0.3 is 0 Å². The molecule has 0 fully saturated rings. The van der Waals surface area contributed by atoms with Crippen LogP contribution in [0, 0.1) is 6.92 Å². The first kappa shape index (κ1) is 21.6. The monoisotopic (exact) mass is 424 g/mol. The molecule has 0 radical (unpaired) electrons. The number of anilines is 1. The van der Waals surface area contributed by atoms with Crippen molar-refractivity contribution in [3.8, 4) is 0 Å². The molecule has 2 amide bonds. The van der Waals surface area contributed by atoms with Crippen molar-refractivity contribution < 1.29 is 9.59 Å². The van der Waals surface area contributed by atoms with E-state index in [1.165, 1.54) is 10.5 Å². The summed E-state index contributed by atoms with van der Waals surface area (Å²) in [5.74, 6) is -0.111. The molecule has 4 heteroatoms. The molecule has 0 aromatic heterocycles. The average Bonchev–Trinajstić information content (AvgIpc) is 3.03.